The van der Waals surface area contributed by atoms with E-state index in [4.69, 9.17) is 0 Å². The van der Waals surface area contributed by atoms with Crippen molar-refractivity contribution in [2.45, 2.75) is 73.4 Å². The van der Waals surface area contributed by atoms with E-state index in [9.17, 15) is 0 Å². The van der Waals surface area contributed by atoms with Crippen molar-refractivity contribution in [2.24, 2.45) is 11.3 Å². The molecule has 0 fully saturated rings. The van der Waals surface area contributed by atoms with Gasteiger partial charge < -0.3 is 5.32 Å². The third-order valence-corrected chi connectivity index (χ3v) is 3.14. The fraction of sp³-hybridized carbons (Fsp3) is 1.00. The van der Waals surface area contributed by atoms with Crippen LogP contribution < -0.4 is 5.32 Å². The van der Waals surface area contributed by atoms with E-state index in [0.29, 0.717) is 11.5 Å². The maximum atomic E-state index is 3.63. The van der Waals surface area contributed by atoms with E-state index in [1.807, 2.05) is 0 Å². The lowest BCUT2D eigenvalue weighted by atomic mass is 9.72. The summed E-state index contributed by atoms with van der Waals surface area (Å²) in [5.74, 6) is 0.732. The third-order valence-electron chi connectivity index (χ3n) is 3.14. The van der Waals surface area contributed by atoms with Gasteiger partial charge in [-0.1, -0.05) is 41.5 Å². The average molecular weight is 199 g/mol. The summed E-state index contributed by atoms with van der Waals surface area (Å²) in [6.07, 6.45) is 1.22. The fourth-order valence-electron chi connectivity index (χ4n) is 2.18. The Morgan fingerprint density at radius 1 is 0.929 bits per heavy atom. The van der Waals surface area contributed by atoms with Crippen LogP contribution >= 0.6 is 0 Å². The van der Waals surface area contributed by atoms with E-state index in [0.717, 1.165) is 5.92 Å². The topological polar surface area (TPSA) is 12.0 Å². The molecule has 0 aromatic rings. The summed E-state index contributed by atoms with van der Waals surface area (Å²) in [4.78, 5) is 0. The fourth-order valence-corrected chi connectivity index (χ4v) is 2.18. The molecule has 0 atom stereocenters. The lowest BCUT2D eigenvalue weighted by Crippen LogP contribution is -2.47. The molecule has 0 radical (unpaired) electrons. The molecule has 0 unspecified atom stereocenters. The van der Waals surface area contributed by atoms with Crippen LogP contribution in [0.4, 0.5) is 0 Å². The zero-order chi connectivity index (χ0) is 11.6. The Morgan fingerprint density at radius 2 is 1.36 bits per heavy atom. The van der Waals surface area contributed by atoms with Crippen molar-refractivity contribution in [3.05, 3.63) is 0 Å². The maximum absolute atomic E-state index is 3.63. The number of hydrogen-bond acceptors (Lipinski definition) is 1. The average Bonchev–Trinajstić information content (AvgIpc) is 1.79. The summed E-state index contributed by atoms with van der Waals surface area (Å²) < 4.78 is 0. The summed E-state index contributed by atoms with van der Waals surface area (Å²) in [6.45, 7) is 18.4. The van der Waals surface area contributed by atoms with Crippen molar-refractivity contribution in [1.82, 2.24) is 5.32 Å². The van der Waals surface area contributed by atoms with Crippen LogP contribution in [0.15, 0.2) is 0 Å². The zero-order valence-corrected chi connectivity index (χ0v) is 11.4. The molecule has 0 aliphatic rings. The Kier molecular flexibility index (Phi) is 4.64. The van der Waals surface area contributed by atoms with E-state index >= 15 is 0 Å². The lowest BCUT2D eigenvalue weighted by molar-refractivity contribution is 0.156. The van der Waals surface area contributed by atoms with Crippen molar-refractivity contribution >= 4 is 0 Å². The van der Waals surface area contributed by atoms with Gasteiger partial charge in [0.15, 0.2) is 0 Å². The third kappa shape index (κ3) is 4.99. The molecule has 14 heavy (non-hydrogen) atoms. The van der Waals surface area contributed by atoms with Crippen LogP contribution in [0.5, 0.6) is 0 Å². The van der Waals surface area contributed by atoms with Gasteiger partial charge in [-0.2, -0.15) is 0 Å². The van der Waals surface area contributed by atoms with Crippen molar-refractivity contribution in [1.29, 1.82) is 0 Å². The highest BCUT2D eigenvalue weighted by Gasteiger charge is 2.31. The molecule has 0 amide bonds. The molecule has 0 heterocycles. The standard InChI is InChI=1S/C13H29N/c1-10(2)12(5,6)9-13(7,8)14-11(3)4/h10-11,14H,9H2,1-8H3. The summed E-state index contributed by atoms with van der Waals surface area (Å²) in [6, 6.07) is 0.563. The summed E-state index contributed by atoms with van der Waals surface area (Å²) in [5, 5.41) is 3.63. The molecule has 1 heteroatoms. The normalized spacial score (nSPS) is 14.1. The minimum Gasteiger partial charge on any atom is -0.310 e. The van der Waals surface area contributed by atoms with E-state index in [1.165, 1.54) is 6.42 Å². The van der Waals surface area contributed by atoms with Crippen LogP contribution in [0.3, 0.4) is 0 Å². The van der Waals surface area contributed by atoms with Gasteiger partial charge in [-0.25, -0.2) is 0 Å². The molecule has 0 saturated heterocycles. The maximum Gasteiger partial charge on any atom is 0.0132 e. The van der Waals surface area contributed by atoms with Gasteiger partial charge >= 0.3 is 0 Å². The van der Waals surface area contributed by atoms with Gasteiger partial charge in [-0.15, -0.1) is 0 Å². The second-order valence-corrected chi connectivity index (χ2v) is 6.50. The van der Waals surface area contributed by atoms with Crippen LogP contribution in [0, 0.1) is 11.3 Å². The van der Waals surface area contributed by atoms with E-state index in [2.05, 4.69) is 60.7 Å². The molecule has 86 valence electrons. The molecule has 0 saturated carbocycles. The second kappa shape index (κ2) is 4.65. The smallest absolute Gasteiger partial charge is 0.0132 e. The molecule has 0 bridgehead atoms. The summed E-state index contributed by atoms with van der Waals surface area (Å²) >= 11 is 0. The van der Waals surface area contributed by atoms with Crippen LogP contribution in [0.2, 0.25) is 0 Å². The predicted octanol–water partition coefficient (Wildman–Crippen LogP) is 3.84. The highest BCUT2D eigenvalue weighted by Crippen LogP contribution is 2.35. The van der Waals surface area contributed by atoms with Crippen molar-refractivity contribution in [2.75, 3.05) is 0 Å². The minimum atomic E-state index is 0.238. The van der Waals surface area contributed by atoms with Crippen molar-refractivity contribution in [3.8, 4) is 0 Å². The summed E-state index contributed by atoms with van der Waals surface area (Å²) in [5.41, 5.74) is 0.646. The Bertz CT molecular complexity index is 166. The van der Waals surface area contributed by atoms with Crippen LogP contribution in [-0.2, 0) is 0 Å². The quantitative estimate of drug-likeness (QED) is 0.709. The lowest BCUT2D eigenvalue weighted by Gasteiger charge is -2.39. The van der Waals surface area contributed by atoms with E-state index < -0.39 is 0 Å². The van der Waals surface area contributed by atoms with Crippen molar-refractivity contribution < 1.29 is 0 Å². The number of hydrogen-bond donors (Lipinski definition) is 1. The highest BCUT2D eigenvalue weighted by molar-refractivity contribution is 4.87. The first-order valence-electron chi connectivity index (χ1n) is 5.84. The monoisotopic (exact) mass is 199 g/mol. The van der Waals surface area contributed by atoms with E-state index in [1.54, 1.807) is 0 Å². The summed E-state index contributed by atoms with van der Waals surface area (Å²) in [7, 11) is 0. The Balaban J connectivity index is 4.34. The molecule has 0 spiro atoms. The van der Waals surface area contributed by atoms with Crippen LogP contribution in [0.1, 0.15) is 61.8 Å². The number of rotatable bonds is 5. The Labute approximate surface area is 90.7 Å². The molecule has 1 nitrogen and oxygen atoms in total. The Morgan fingerprint density at radius 3 is 1.64 bits per heavy atom. The SMILES string of the molecule is CC(C)NC(C)(C)CC(C)(C)C(C)C. The minimum absolute atomic E-state index is 0.238. The van der Waals surface area contributed by atoms with Gasteiger partial charge in [-0.05, 0) is 31.6 Å². The van der Waals surface area contributed by atoms with E-state index in [-0.39, 0.29) is 5.54 Å². The van der Waals surface area contributed by atoms with Crippen LogP contribution in [0.25, 0.3) is 0 Å². The zero-order valence-electron chi connectivity index (χ0n) is 11.4. The van der Waals surface area contributed by atoms with Gasteiger partial charge in [0, 0.05) is 11.6 Å². The molecular weight excluding hydrogens is 170 g/mol. The van der Waals surface area contributed by atoms with Gasteiger partial charge in [0.1, 0.15) is 0 Å². The largest absolute Gasteiger partial charge is 0.310 e. The van der Waals surface area contributed by atoms with Gasteiger partial charge in [0.25, 0.3) is 0 Å². The first-order chi connectivity index (χ1) is 6.07. The predicted molar refractivity (Wildman–Crippen MR) is 65.6 cm³/mol. The van der Waals surface area contributed by atoms with Gasteiger partial charge in [0.2, 0.25) is 0 Å². The molecule has 0 aliphatic heterocycles. The highest BCUT2D eigenvalue weighted by atomic mass is 15.0. The van der Waals surface area contributed by atoms with Gasteiger partial charge in [-0.3, -0.25) is 0 Å². The molecule has 0 aromatic carbocycles. The van der Waals surface area contributed by atoms with Crippen LogP contribution in [-0.4, -0.2) is 11.6 Å². The molecule has 0 aliphatic carbocycles. The molecular formula is C13H29N. The van der Waals surface area contributed by atoms with Crippen molar-refractivity contribution in [3.63, 3.8) is 0 Å². The number of nitrogens with one attached hydrogen (secondary N) is 1. The second-order valence-electron chi connectivity index (χ2n) is 6.50. The Hall–Kier alpha value is -0.0400. The van der Waals surface area contributed by atoms with Gasteiger partial charge in [0.05, 0.1) is 0 Å². The first-order valence-corrected chi connectivity index (χ1v) is 5.84. The molecule has 0 aromatic heterocycles. The molecule has 1 N–H and O–H groups in total. The molecule has 0 rings (SSSR count). The first kappa shape index (κ1) is 14.0.